The van der Waals surface area contributed by atoms with Crippen molar-refractivity contribution < 1.29 is 14.3 Å². The summed E-state index contributed by atoms with van der Waals surface area (Å²) in [6, 6.07) is 13.0. The van der Waals surface area contributed by atoms with Crippen LogP contribution in [-0.4, -0.2) is 36.1 Å². The van der Waals surface area contributed by atoms with Crippen LogP contribution in [0.15, 0.2) is 52.4 Å². The third kappa shape index (κ3) is 4.11. The SMILES string of the molecule is COC(=O)c1ccc(/C=C2\SC(=Nc3cc(C)ccc3C)N(C)C2=O)cc1. The van der Waals surface area contributed by atoms with E-state index >= 15 is 0 Å². The molecular weight excluding hydrogens is 360 g/mol. The number of esters is 1. The average molecular weight is 380 g/mol. The van der Waals surface area contributed by atoms with E-state index in [-0.39, 0.29) is 11.9 Å². The lowest BCUT2D eigenvalue weighted by atomic mass is 10.1. The Labute approximate surface area is 162 Å². The van der Waals surface area contributed by atoms with Crippen molar-refractivity contribution in [3.63, 3.8) is 0 Å². The van der Waals surface area contributed by atoms with Crippen LogP contribution in [0.5, 0.6) is 0 Å². The maximum Gasteiger partial charge on any atom is 0.337 e. The Bertz CT molecular complexity index is 962. The number of amidine groups is 1. The smallest absolute Gasteiger partial charge is 0.337 e. The molecule has 1 aliphatic rings. The summed E-state index contributed by atoms with van der Waals surface area (Å²) in [6.07, 6.45) is 1.80. The molecule has 5 nitrogen and oxygen atoms in total. The third-order valence-corrected chi connectivity index (χ3v) is 5.27. The predicted octanol–water partition coefficient (Wildman–Crippen LogP) is 4.32. The molecule has 0 radical (unpaired) electrons. The van der Waals surface area contributed by atoms with Gasteiger partial charge in [-0.15, -0.1) is 0 Å². The fraction of sp³-hybridized carbons (Fsp3) is 0.190. The minimum atomic E-state index is -0.386. The summed E-state index contributed by atoms with van der Waals surface area (Å²) >= 11 is 1.34. The summed E-state index contributed by atoms with van der Waals surface area (Å²) in [7, 11) is 3.07. The molecule has 1 heterocycles. The standard InChI is InChI=1S/C21H20N2O3S/c1-13-5-6-14(2)17(11-13)22-21-23(3)19(24)18(27-21)12-15-7-9-16(10-8-15)20(25)26-4/h5-12H,1-4H3/b18-12-,22-21?. The van der Waals surface area contributed by atoms with E-state index in [1.165, 1.54) is 18.9 Å². The van der Waals surface area contributed by atoms with Crippen molar-refractivity contribution >= 4 is 40.6 Å². The van der Waals surface area contributed by atoms with Crippen molar-refractivity contribution in [3.8, 4) is 0 Å². The van der Waals surface area contributed by atoms with E-state index in [4.69, 9.17) is 4.74 Å². The van der Waals surface area contributed by atoms with Crippen molar-refractivity contribution in [1.29, 1.82) is 0 Å². The van der Waals surface area contributed by atoms with Crippen LogP contribution in [-0.2, 0) is 9.53 Å². The maximum atomic E-state index is 12.6. The number of likely N-dealkylation sites (N-methyl/N-ethyl adjacent to an activating group) is 1. The lowest BCUT2D eigenvalue weighted by Crippen LogP contribution is -2.23. The Hall–Kier alpha value is -2.86. The van der Waals surface area contributed by atoms with Crippen molar-refractivity contribution in [3.05, 3.63) is 69.6 Å². The highest BCUT2D eigenvalue weighted by Crippen LogP contribution is 2.34. The molecule has 138 valence electrons. The largest absolute Gasteiger partial charge is 0.465 e. The Morgan fingerprint density at radius 2 is 1.85 bits per heavy atom. The maximum absolute atomic E-state index is 12.6. The number of ether oxygens (including phenoxy) is 1. The predicted molar refractivity (Wildman–Crippen MR) is 109 cm³/mol. The van der Waals surface area contributed by atoms with Crippen LogP contribution in [0.3, 0.4) is 0 Å². The van der Waals surface area contributed by atoms with Gasteiger partial charge in [0.25, 0.3) is 5.91 Å². The van der Waals surface area contributed by atoms with Gasteiger partial charge in [-0.3, -0.25) is 9.69 Å². The molecule has 0 spiro atoms. The number of carbonyl (C=O) groups is 2. The molecule has 0 aliphatic carbocycles. The molecule has 0 saturated carbocycles. The average Bonchev–Trinajstić information content (AvgIpc) is 2.92. The Balaban J connectivity index is 1.87. The van der Waals surface area contributed by atoms with E-state index in [9.17, 15) is 9.59 Å². The van der Waals surface area contributed by atoms with Gasteiger partial charge in [-0.1, -0.05) is 24.3 Å². The van der Waals surface area contributed by atoms with Gasteiger partial charge in [-0.25, -0.2) is 9.79 Å². The molecule has 0 unspecified atom stereocenters. The van der Waals surface area contributed by atoms with Crippen LogP contribution in [0.2, 0.25) is 0 Å². The van der Waals surface area contributed by atoms with Gasteiger partial charge >= 0.3 is 5.97 Å². The van der Waals surface area contributed by atoms with E-state index in [0.717, 1.165) is 22.4 Å². The monoisotopic (exact) mass is 380 g/mol. The first-order valence-corrected chi connectivity index (χ1v) is 9.22. The van der Waals surface area contributed by atoms with Gasteiger partial charge in [0.1, 0.15) is 0 Å². The summed E-state index contributed by atoms with van der Waals surface area (Å²) in [5.41, 5.74) is 4.35. The number of nitrogens with zero attached hydrogens (tertiary/aromatic N) is 2. The summed E-state index contributed by atoms with van der Waals surface area (Å²) in [6.45, 7) is 4.02. The number of rotatable bonds is 3. The lowest BCUT2D eigenvalue weighted by Gasteiger charge is -2.08. The van der Waals surface area contributed by atoms with Gasteiger partial charge in [-0.2, -0.15) is 0 Å². The van der Waals surface area contributed by atoms with E-state index in [2.05, 4.69) is 4.99 Å². The van der Waals surface area contributed by atoms with E-state index in [1.807, 2.05) is 32.0 Å². The van der Waals surface area contributed by atoms with Crippen molar-refractivity contribution in [2.75, 3.05) is 14.2 Å². The molecule has 1 amide bonds. The number of aryl methyl sites for hydroxylation is 2. The zero-order valence-corrected chi connectivity index (χ0v) is 16.5. The zero-order valence-electron chi connectivity index (χ0n) is 15.6. The number of hydrogen-bond donors (Lipinski definition) is 0. The first-order valence-electron chi connectivity index (χ1n) is 8.41. The second kappa shape index (κ2) is 7.80. The molecule has 3 rings (SSSR count). The highest BCUT2D eigenvalue weighted by Gasteiger charge is 2.30. The summed E-state index contributed by atoms with van der Waals surface area (Å²) in [5.74, 6) is -0.482. The van der Waals surface area contributed by atoms with E-state index in [0.29, 0.717) is 15.6 Å². The minimum absolute atomic E-state index is 0.0962. The fourth-order valence-electron chi connectivity index (χ4n) is 2.58. The molecule has 0 aromatic heterocycles. The van der Waals surface area contributed by atoms with Gasteiger partial charge in [0.15, 0.2) is 5.17 Å². The number of benzene rings is 2. The lowest BCUT2D eigenvalue weighted by molar-refractivity contribution is -0.121. The number of aliphatic imine (C=N–C) groups is 1. The van der Waals surface area contributed by atoms with Crippen molar-refractivity contribution in [2.45, 2.75) is 13.8 Å². The van der Waals surface area contributed by atoms with Gasteiger partial charge in [0.2, 0.25) is 0 Å². The molecule has 0 N–H and O–H groups in total. The number of thioether (sulfide) groups is 1. The van der Waals surface area contributed by atoms with Gasteiger partial charge in [-0.05, 0) is 66.6 Å². The summed E-state index contributed by atoms with van der Waals surface area (Å²) in [5, 5.41) is 0.645. The molecule has 2 aromatic carbocycles. The van der Waals surface area contributed by atoms with Gasteiger partial charge in [0, 0.05) is 7.05 Å². The van der Waals surface area contributed by atoms with Crippen LogP contribution in [0, 0.1) is 13.8 Å². The molecule has 0 atom stereocenters. The fourth-order valence-corrected chi connectivity index (χ4v) is 3.56. The highest BCUT2D eigenvalue weighted by atomic mass is 32.2. The Morgan fingerprint density at radius 3 is 2.52 bits per heavy atom. The quantitative estimate of drug-likeness (QED) is 0.588. The molecule has 27 heavy (non-hydrogen) atoms. The molecule has 1 saturated heterocycles. The Kier molecular flexibility index (Phi) is 5.46. The normalized spacial score (nSPS) is 17.0. The Morgan fingerprint density at radius 1 is 1.15 bits per heavy atom. The van der Waals surface area contributed by atoms with Crippen molar-refractivity contribution in [2.24, 2.45) is 4.99 Å². The number of hydrogen-bond acceptors (Lipinski definition) is 5. The number of carbonyl (C=O) groups excluding carboxylic acids is 2. The first kappa shape index (κ1) is 18.9. The van der Waals surface area contributed by atoms with E-state index < -0.39 is 0 Å². The van der Waals surface area contributed by atoms with Crippen molar-refractivity contribution in [1.82, 2.24) is 4.90 Å². The van der Waals surface area contributed by atoms with Crippen LogP contribution in [0.4, 0.5) is 5.69 Å². The highest BCUT2D eigenvalue weighted by molar-refractivity contribution is 8.18. The summed E-state index contributed by atoms with van der Waals surface area (Å²) in [4.78, 5) is 30.9. The molecule has 6 heteroatoms. The molecule has 1 aliphatic heterocycles. The van der Waals surface area contributed by atoms with Crippen LogP contribution < -0.4 is 0 Å². The second-order valence-electron chi connectivity index (χ2n) is 6.27. The molecular formula is C21H20N2O3S. The van der Waals surface area contributed by atoms with Crippen LogP contribution in [0.1, 0.15) is 27.0 Å². The minimum Gasteiger partial charge on any atom is -0.465 e. The topological polar surface area (TPSA) is 59.0 Å². The summed E-state index contributed by atoms with van der Waals surface area (Å²) < 4.78 is 4.69. The molecule has 2 aromatic rings. The zero-order chi connectivity index (χ0) is 19.6. The van der Waals surface area contributed by atoms with Crippen LogP contribution in [0.25, 0.3) is 6.08 Å². The third-order valence-electron chi connectivity index (χ3n) is 4.21. The number of amides is 1. The van der Waals surface area contributed by atoms with Gasteiger partial charge < -0.3 is 4.74 Å². The molecule has 0 bridgehead atoms. The molecule has 1 fully saturated rings. The van der Waals surface area contributed by atoms with Gasteiger partial charge in [0.05, 0.1) is 23.3 Å². The van der Waals surface area contributed by atoms with E-state index in [1.54, 1.807) is 42.3 Å². The second-order valence-corrected chi connectivity index (χ2v) is 7.28. The number of methoxy groups -OCH3 is 1. The first-order chi connectivity index (χ1) is 12.9. The van der Waals surface area contributed by atoms with Crippen LogP contribution >= 0.6 is 11.8 Å².